The van der Waals surface area contributed by atoms with Crippen molar-refractivity contribution in [1.29, 1.82) is 0 Å². The standard InChI is InChI=1S/C26H30N6O2/c27-25-24(26(34)31-19-8-4-10-28-14-19)32-21(15-30-25)18-7-3-5-16(11-18)13-29-23-20-9-2-1-6-17(20)12-22(23)33/h1-3,5-7,9,11,15,19,22-23,28-29,33H,4,8,10,12-14H2,(H2,27,30)(H,31,34)/t19-,22-,23+/m0/s1. The van der Waals surface area contributed by atoms with Crippen LogP contribution in [0.5, 0.6) is 0 Å². The maximum absolute atomic E-state index is 12.8. The summed E-state index contributed by atoms with van der Waals surface area (Å²) in [7, 11) is 0. The zero-order chi connectivity index (χ0) is 23.5. The topological polar surface area (TPSA) is 125 Å². The van der Waals surface area contributed by atoms with Gasteiger partial charge in [-0.3, -0.25) is 4.79 Å². The number of fused-ring (bicyclic) bond motifs is 1. The number of anilines is 1. The van der Waals surface area contributed by atoms with Gasteiger partial charge in [-0.2, -0.15) is 0 Å². The first-order chi connectivity index (χ1) is 16.6. The van der Waals surface area contributed by atoms with E-state index in [2.05, 4.69) is 38.1 Å². The molecule has 8 nitrogen and oxygen atoms in total. The fourth-order valence-corrected chi connectivity index (χ4v) is 4.82. The molecular formula is C26H30N6O2. The SMILES string of the molecule is Nc1ncc(-c2cccc(CN[C@@H]3c4ccccc4C[C@@H]3O)c2)nc1C(=O)N[C@H]1CCCNC1. The molecule has 34 heavy (non-hydrogen) atoms. The molecule has 8 heteroatoms. The van der Waals surface area contributed by atoms with Crippen LogP contribution < -0.4 is 21.7 Å². The van der Waals surface area contributed by atoms with Gasteiger partial charge in [-0.25, -0.2) is 9.97 Å². The van der Waals surface area contributed by atoms with Gasteiger partial charge in [-0.05, 0) is 42.1 Å². The Hall–Kier alpha value is -3.33. The molecule has 1 aliphatic carbocycles. The van der Waals surface area contributed by atoms with Crippen LogP contribution in [0, 0.1) is 0 Å². The number of nitrogens with zero attached hydrogens (tertiary/aromatic N) is 2. The molecule has 0 unspecified atom stereocenters. The lowest BCUT2D eigenvalue weighted by Gasteiger charge is -2.23. The summed E-state index contributed by atoms with van der Waals surface area (Å²) in [5.41, 5.74) is 11.0. The summed E-state index contributed by atoms with van der Waals surface area (Å²) in [4.78, 5) is 21.6. The number of carbonyl (C=O) groups is 1. The highest BCUT2D eigenvalue weighted by molar-refractivity contribution is 5.97. The molecule has 0 saturated carbocycles. The van der Waals surface area contributed by atoms with Crippen LogP contribution in [0.1, 0.15) is 46.1 Å². The lowest BCUT2D eigenvalue weighted by Crippen LogP contribution is -2.46. The van der Waals surface area contributed by atoms with Gasteiger partial charge in [0.05, 0.1) is 24.0 Å². The Bertz CT molecular complexity index is 1180. The number of hydrogen-bond donors (Lipinski definition) is 5. The lowest BCUT2D eigenvalue weighted by atomic mass is 10.1. The number of aromatic nitrogens is 2. The van der Waals surface area contributed by atoms with Crippen LogP contribution in [0.15, 0.2) is 54.7 Å². The quantitative estimate of drug-likeness (QED) is 0.382. The average Bonchev–Trinajstić information content (AvgIpc) is 3.18. The molecule has 2 aromatic carbocycles. The van der Waals surface area contributed by atoms with E-state index in [0.717, 1.165) is 42.6 Å². The van der Waals surface area contributed by atoms with Crippen LogP contribution in [0.3, 0.4) is 0 Å². The first-order valence-corrected chi connectivity index (χ1v) is 11.8. The molecule has 176 valence electrons. The molecular weight excluding hydrogens is 428 g/mol. The highest BCUT2D eigenvalue weighted by Gasteiger charge is 2.30. The number of amides is 1. The Morgan fingerprint density at radius 1 is 1.21 bits per heavy atom. The highest BCUT2D eigenvalue weighted by Crippen LogP contribution is 2.31. The second kappa shape index (κ2) is 9.89. The number of aliphatic hydroxyl groups excluding tert-OH is 1. The van der Waals surface area contributed by atoms with Crippen LogP contribution in [-0.4, -0.2) is 46.2 Å². The van der Waals surface area contributed by atoms with E-state index in [1.54, 1.807) is 6.20 Å². The van der Waals surface area contributed by atoms with Crippen LogP contribution >= 0.6 is 0 Å². The lowest BCUT2D eigenvalue weighted by molar-refractivity contribution is 0.0926. The molecule has 3 aromatic rings. The molecule has 1 amide bonds. The minimum absolute atomic E-state index is 0.0663. The van der Waals surface area contributed by atoms with Crippen LogP contribution in [0.4, 0.5) is 5.82 Å². The van der Waals surface area contributed by atoms with E-state index < -0.39 is 6.10 Å². The van der Waals surface area contributed by atoms with E-state index in [1.165, 1.54) is 5.56 Å². The second-order valence-corrected chi connectivity index (χ2v) is 9.04. The molecule has 1 fully saturated rings. The molecule has 0 radical (unpaired) electrons. The number of nitrogens with two attached hydrogens (primary N) is 1. The van der Waals surface area contributed by atoms with Gasteiger partial charge >= 0.3 is 0 Å². The monoisotopic (exact) mass is 458 g/mol. The molecule has 0 bridgehead atoms. The maximum atomic E-state index is 12.8. The molecule has 5 rings (SSSR count). The van der Waals surface area contributed by atoms with E-state index in [1.807, 2.05) is 36.4 Å². The highest BCUT2D eigenvalue weighted by atomic mass is 16.3. The zero-order valence-corrected chi connectivity index (χ0v) is 19.0. The van der Waals surface area contributed by atoms with Crippen molar-refractivity contribution in [3.8, 4) is 11.3 Å². The average molecular weight is 459 g/mol. The number of carbonyl (C=O) groups excluding carboxylic acids is 1. The van der Waals surface area contributed by atoms with E-state index in [9.17, 15) is 9.90 Å². The van der Waals surface area contributed by atoms with Gasteiger partial charge in [0.15, 0.2) is 11.5 Å². The molecule has 2 heterocycles. The molecule has 0 spiro atoms. The van der Waals surface area contributed by atoms with Gasteiger partial charge in [-0.15, -0.1) is 0 Å². The minimum Gasteiger partial charge on any atom is -0.391 e. The van der Waals surface area contributed by atoms with Crippen molar-refractivity contribution in [3.05, 3.63) is 77.1 Å². The zero-order valence-electron chi connectivity index (χ0n) is 19.0. The number of aliphatic hydroxyl groups is 1. The predicted octanol–water partition coefficient (Wildman–Crippen LogP) is 1.96. The smallest absolute Gasteiger partial charge is 0.274 e. The van der Waals surface area contributed by atoms with Crippen molar-refractivity contribution in [3.63, 3.8) is 0 Å². The van der Waals surface area contributed by atoms with Crippen molar-refractivity contribution in [2.45, 2.75) is 44.0 Å². The van der Waals surface area contributed by atoms with Gasteiger partial charge in [0.2, 0.25) is 0 Å². The van der Waals surface area contributed by atoms with Gasteiger partial charge in [0, 0.05) is 31.1 Å². The number of nitrogen functional groups attached to an aromatic ring is 1. The number of piperidine rings is 1. The van der Waals surface area contributed by atoms with Gasteiger partial charge in [-0.1, -0.05) is 42.5 Å². The molecule has 2 aliphatic rings. The van der Waals surface area contributed by atoms with Crippen molar-refractivity contribution in [1.82, 2.24) is 25.9 Å². The Balaban J connectivity index is 1.30. The third-order valence-electron chi connectivity index (χ3n) is 6.60. The van der Waals surface area contributed by atoms with Crippen molar-refractivity contribution in [2.75, 3.05) is 18.8 Å². The molecule has 1 aromatic heterocycles. The molecule has 1 saturated heterocycles. The second-order valence-electron chi connectivity index (χ2n) is 9.04. The van der Waals surface area contributed by atoms with Crippen molar-refractivity contribution >= 4 is 11.7 Å². The molecule has 1 aliphatic heterocycles. The Morgan fingerprint density at radius 3 is 2.94 bits per heavy atom. The van der Waals surface area contributed by atoms with Gasteiger partial charge in [0.25, 0.3) is 5.91 Å². The largest absolute Gasteiger partial charge is 0.391 e. The molecule has 6 N–H and O–H groups in total. The Morgan fingerprint density at radius 2 is 2.09 bits per heavy atom. The summed E-state index contributed by atoms with van der Waals surface area (Å²) in [6, 6.07) is 16.1. The van der Waals surface area contributed by atoms with Crippen molar-refractivity contribution in [2.24, 2.45) is 0 Å². The Kier molecular flexibility index (Phi) is 6.53. The molecule has 3 atom stereocenters. The summed E-state index contributed by atoms with van der Waals surface area (Å²) in [5.74, 6) is -0.177. The van der Waals surface area contributed by atoms with Gasteiger partial charge in [0.1, 0.15) is 0 Å². The number of nitrogens with one attached hydrogen (secondary N) is 3. The summed E-state index contributed by atoms with van der Waals surface area (Å²) in [6.45, 7) is 2.31. The fourth-order valence-electron chi connectivity index (χ4n) is 4.82. The first kappa shape index (κ1) is 22.5. The van der Waals surface area contributed by atoms with E-state index >= 15 is 0 Å². The summed E-state index contributed by atoms with van der Waals surface area (Å²) in [5, 5.41) is 20.3. The number of rotatable bonds is 6. The van der Waals surface area contributed by atoms with E-state index in [0.29, 0.717) is 18.7 Å². The van der Waals surface area contributed by atoms with Crippen LogP contribution in [0.2, 0.25) is 0 Å². The van der Waals surface area contributed by atoms with E-state index in [-0.39, 0.29) is 29.5 Å². The minimum atomic E-state index is -0.441. The summed E-state index contributed by atoms with van der Waals surface area (Å²) < 4.78 is 0. The summed E-state index contributed by atoms with van der Waals surface area (Å²) in [6.07, 6.45) is 3.77. The predicted molar refractivity (Wildman–Crippen MR) is 131 cm³/mol. The van der Waals surface area contributed by atoms with Crippen LogP contribution in [0.25, 0.3) is 11.3 Å². The third-order valence-corrected chi connectivity index (χ3v) is 6.60. The summed E-state index contributed by atoms with van der Waals surface area (Å²) >= 11 is 0. The normalized spacial score (nSPS) is 21.7. The van der Waals surface area contributed by atoms with Crippen LogP contribution in [-0.2, 0) is 13.0 Å². The van der Waals surface area contributed by atoms with Gasteiger partial charge < -0.3 is 26.8 Å². The van der Waals surface area contributed by atoms with Crippen molar-refractivity contribution < 1.29 is 9.90 Å². The first-order valence-electron chi connectivity index (χ1n) is 11.8. The Labute approximate surface area is 199 Å². The van der Waals surface area contributed by atoms with E-state index in [4.69, 9.17) is 5.73 Å². The number of hydrogen-bond acceptors (Lipinski definition) is 7. The maximum Gasteiger partial charge on any atom is 0.274 e. The fraction of sp³-hybridized carbons (Fsp3) is 0.346. The third kappa shape index (κ3) is 4.79. The number of benzene rings is 2.